The molecule has 0 spiro atoms. The van der Waals surface area contributed by atoms with Gasteiger partial charge in [-0.15, -0.1) is 11.6 Å². The Morgan fingerprint density at radius 2 is 1.86 bits per heavy atom. The summed E-state index contributed by atoms with van der Waals surface area (Å²) < 4.78 is 64.6. The summed E-state index contributed by atoms with van der Waals surface area (Å²) in [5.74, 6) is -1.30. The molecule has 0 saturated heterocycles. The highest BCUT2D eigenvalue weighted by Crippen LogP contribution is 2.25. The summed E-state index contributed by atoms with van der Waals surface area (Å²) >= 11 is 5.70. The van der Waals surface area contributed by atoms with Crippen LogP contribution in [-0.2, 0) is 12.4 Å². The van der Waals surface area contributed by atoms with Gasteiger partial charge < -0.3 is 4.57 Å². The molecule has 2 nitrogen and oxygen atoms in total. The first-order valence-electron chi connectivity index (χ1n) is 6.28. The molecule has 0 radical (unpaired) electrons. The summed E-state index contributed by atoms with van der Waals surface area (Å²) in [5.41, 5.74) is 0.179. The Labute approximate surface area is 122 Å². The Hall–Kier alpha value is -1.37. The Morgan fingerprint density at radius 3 is 2.48 bits per heavy atom. The first kappa shape index (κ1) is 16.0. The molecule has 0 bridgehead atoms. The molecule has 1 heterocycles. The third-order valence-corrected chi connectivity index (χ3v) is 3.30. The number of rotatable bonds is 5. The van der Waals surface area contributed by atoms with Gasteiger partial charge >= 0.3 is 6.18 Å². The lowest BCUT2D eigenvalue weighted by atomic mass is 10.2. The van der Waals surface area contributed by atoms with Crippen LogP contribution in [-0.4, -0.2) is 15.7 Å². The van der Waals surface area contributed by atoms with E-state index in [0.717, 1.165) is 6.07 Å². The van der Waals surface area contributed by atoms with Gasteiger partial charge in [0.1, 0.15) is 17.2 Å². The minimum absolute atomic E-state index is 0.0251. The predicted molar refractivity (Wildman–Crippen MR) is 69.1 cm³/mol. The quantitative estimate of drug-likeness (QED) is 0.439. The molecule has 21 heavy (non-hydrogen) atoms. The van der Waals surface area contributed by atoms with E-state index in [1.807, 2.05) is 0 Å². The van der Waals surface area contributed by atoms with Crippen LogP contribution in [0, 0.1) is 11.6 Å². The molecular formula is C13H12ClF5N2. The predicted octanol–water partition coefficient (Wildman–Crippen LogP) is 4.79. The largest absolute Gasteiger partial charge is 0.389 e. The van der Waals surface area contributed by atoms with Crippen LogP contribution >= 0.6 is 11.6 Å². The monoisotopic (exact) mass is 326 g/mol. The van der Waals surface area contributed by atoms with Crippen LogP contribution in [0.4, 0.5) is 22.0 Å². The van der Waals surface area contributed by atoms with Crippen molar-refractivity contribution in [2.24, 2.45) is 0 Å². The van der Waals surface area contributed by atoms with Crippen molar-refractivity contribution in [3.05, 3.63) is 29.6 Å². The van der Waals surface area contributed by atoms with E-state index in [9.17, 15) is 22.0 Å². The van der Waals surface area contributed by atoms with E-state index in [0.29, 0.717) is 11.9 Å². The third kappa shape index (κ3) is 3.84. The Morgan fingerprint density at radius 1 is 1.14 bits per heavy atom. The lowest BCUT2D eigenvalue weighted by molar-refractivity contribution is -0.135. The van der Waals surface area contributed by atoms with Gasteiger partial charge in [0.25, 0.3) is 0 Å². The third-order valence-electron chi connectivity index (χ3n) is 3.06. The lowest BCUT2D eigenvalue weighted by Crippen LogP contribution is -2.08. The van der Waals surface area contributed by atoms with Crippen molar-refractivity contribution in [2.75, 3.05) is 0 Å². The number of hydrogen-bond donors (Lipinski definition) is 0. The standard InChI is InChI=1S/C13H12ClF5N2/c14-7-11-20-12-9(16)5-8(15)6-10(12)21(11)4-2-1-3-13(17,18)19/h5-6H,1-4,7H2. The average molecular weight is 327 g/mol. The van der Waals surface area contributed by atoms with Crippen molar-refractivity contribution in [3.8, 4) is 0 Å². The molecule has 0 unspecified atom stereocenters. The topological polar surface area (TPSA) is 17.8 Å². The SMILES string of the molecule is Fc1cc(F)c2nc(CCl)n(CCCCC(F)(F)F)c2c1. The molecule has 2 aromatic rings. The zero-order valence-electron chi connectivity index (χ0n) is 10.9. The molecule has 1 aromatic heterocycles. The zero-order chi connectivity index (χ0) is 15.6. The fourth-order valence-electron chi connectivity index (χ4n) is 2.14. The van der Waals surface area contributed by atoms with Crippen molar-refractivity contribution in [1.82, 2.24) is 9.55 Å². The second-order valence-electron chi connectivity index (χ2n) is 4.64. The van der Waals surface area contributed by atoms with Crippen LogP contribution in [0.2, 0.25) is 0 Å². The summed E-state index contributed by atoms with van der Waals surface area (Å²) in [6.45, 7) is 0.178. The number of alkyl halides is 4. The van der Waals surface area contributed by atoms with Gasteiger partial charge in [-0.1, -0.05) is 0 Å². The smallest absolute Gasteiger partial charge is 0.327 e. The normalized spacial score (nSPS) is 12.3. The molecule has 0 aliphatic carbocycles. The van der Waals surface area contributed by atoms with Gasteiger partial charge in [0.05, 0.1) is 11.4 Å². The number of fused-ring (bicyclic) bond motifs is 1. The summed E-state index contributed by atoms with van der Waals surface area (Å²) in [6, 6.07) is 1.81. The highest BCUT2D eigenvalue weighted by Gasteiger charge is 2.26. The van der Waals surface area contributed by atoms with E-state index in [4.69, 9.17) is 11.6 Å². The molecule has 1 aromatic carbocycles. The molecular weight excluding hydrogens is 315 g/mol. The minimum Gasteiger partial charge on any atom is -0.327 e. The molecule has 2 rings (SSSR count). The first-order chi connectivity index (χ1) is 9.81. The van der Waals surface area contributed by atoms with E-state index >= 15 is 0 Å². The van der Waals surface area contributed by atoms with Gasteiger partial charge in [0.15, 0.2) is 5.82 Å². The molecule has 116 valence electrons. The summed E-state index contributed by atoms with van der Waals surface area (Å²) in [6.07, 6.45) is -4.95. The maximum atomic E-state index is 13.6. The lowest BCUT2D eigenvalue weighted by Gasteiger charge is -2.09. The maximum Gasteiger partial charge on any atom is 0.389 e. The van der Waals surface area contributed by atoms with E-state index in [2.05, 4.69) is 4.98 Å². The second-order valence-corrected chi connectivity index (χ2v) is 4.91. The van der Waals surface area contributed by atoms with E-state index < -0.39 is 24.2 Å². The Balaban J connectivity index is 2.21. The number of unbranched alkanes of at least 4 members (excludes halogenated alkanes) is 1. The van der Waals surface area contributed by atoms with Crippen molar-refractivity contribution in [1.29, 1.82) is 0 Å². The molecule has 0 aliphatic heterocycles. The highest BCUT2D eigenvalue weighted by molar-refractivity contribution is 6.16. The molecule has 0 aliphatic rings. The van der Waals surface area contributed by atoms with Crippen molar-refractivity contribution in [3.63, 3.8) is 0 Å². The average Bonchev–Trinajstić information content (AvgIpc) is 2.72. The second kappa shape index (κ2) is 6.17. The zero-order valence-corrected chi connectivity index (χ0v) is 11.6. The highest BCUT2D eigenvalue weighted by atomic mass is 35.5. The van der Waals surface area contributed by atoms with Crippen LogP contribution in [0.15, 0.2) is 12.1 Å². The van der Waals surface area contributed by atoms with Crippen LogP contribution in [0.5, 0.6) is 0 Å². The van der Waals surface area contributed by atoms with Crippen molar-refractivity contribution in [2.45, 2.75) is 37.9 Å². The number of benzene rings is 1. The van der Waals surface area contributed by atoms with Crippen LogP contribution in [0.25, 0.3) is 11.0 Å². The number of halogens is 6. The van der Waals surface area contributed by atoms with Crippen molar-refractivity contribution >= 4 is 22.6 Å². The Bertz CT molecular complexity index is 636. The van der Waals surface area contributed by atoms with Gasteiger partial charge in [-0.3, -0.25) is 0 Å². The minimum atomic E-state index is -4.20. The van der Waals surface area contributed by atoms with E-state index in [-0.39, 0.29) is 36.3 Å². The molecule has 0 saturated carbocycles. The first-order valence-corrected chi connectivity index (χ1v) is 6.82. The van der Waals surface area contributed by atoms with Gasteiger partial charge in [0.2, 0.25) is 0 Å². The molecule has 0 atom stereocenters. The van der Waals surface area contributed by atoms with Crippen molar-refractivity contribution < 1.29 is 22.0 Å². The van der Waals surface area contributed by atoms with Gasteiger partial charge in [-0.05, 0) is 18.9 Å². The van der Waals surface area contributed by atoms with Crippen LogP contribution in [0.1, 0.15) is 25.1 Å². The van der Waals surface area contributed by atoms with Gasteiger partial charge in [-0.2, -0.15) is 13.2 Å². The van der Waals surface area contributed by atoms with E-state index in [1.54, 1.807) is 0 Å². The number of aromatic nitrogens is 2. The van der Waals surface area contributed by atoms with Gasteiger partial charge in [-0.25, -0.2) is 13.8 Å². The van der Waals surface area contributed by atoms with Crippen LogP contribution in [0.3, 0.4) is 0 Å². The number of aryl methyl sites for hydroxylation is 1. The summed E-state index contributed by atoms with van der Waals surface area (Å²) in [7, 11) is 0. The fraction of sp³-hybridized carbons (Fsp3) is 0.462. The molecule has 0 fully saturated rings. The Kier molecular flexibility index (Phi) is 4.70. The van der Waals surface area contributed by atoms with E-state index in [1.165, 1.54) is 4.57 Å². The fourth-order valence-corrected chi connectivity index (χ4v) is 2.35. The number of hydrogen-bond acceptors (Lipinski definition) is 1. The molecule has 0 amide bonds. The summed E-state index contributed by atoms with van der Waals surface area (Å²) in [4.78, 5) is 3.97. The van der Waals surface area contributed by atoms with Gasteiger partial charge in [0, 0.05) is 19.0 Å². The maximum absolute atomic E-state index is 13.6. The molecule has 0 N–H and O–H groups in total. The number of nitrogens with zero attached hydrogens (tertiary/aromatic N) is 2. The molecule has 8 heteroatoms. The summed E-state index contributed by atoms with van der Waals surface area (Å²) in [5, 5.41) is 0. The number of imidazole rings is 1. The van der Waals surface area contributed by atoms with Crippen LogP contribution < -0.4 is 0 Å².